The van der Waals surface area contributed by atoms with Gasteiger partial charge in [-0.3, -0.25) is 0 Å². The van der Waals surface area contributed by atoms with E-state index in [1.54, 1.807) is 0 Å². The van der Waals surface area contributed by atoms with Crippen LogP contribution in [0.2, 0.25) is 0 Å². The molecule has 0 saturated carbocycles. The number of rotatable bonds is 0. The molecule has 0 aliphatic heterocycles. The molecular weight excluding hydrogens is 197 g/mol. The van der Waals surface area contributed by atoms with Gasteiger partial charge in [0.1, 0.15) is 0 Å². The van der Waals surface area contributed by atoms with Crippen LogP contribution in [0.15, 0.2) is 12.1 Å². The van der Waals surface area contributed by atoms with Crippen LogP contribution in [0.5, 0.6) is 0 Å². The predicted octanol–water partition coefficient (Wildman–Crippen LogP) is 2.41. The molecule has 1 aromatic rings. The van der Waals surface area contributed by atoms with E-state index in [0.29, 0.717) is 0 Å². The average Bonchev–Trinajstić information content (AvgIpc) is 1.80. The third kappa shape index (κ3) is 2.52. The summed E-state index contributed by atoms with van der Waals surface area (Å²) in [6, 6.07) is 7.36. The quantitative estimate of drug-likeness (QED) is 0.574. The Bertz CT molecular complexity index is 216. The molecule has 0 nitrogen and oxygen atoms in total. The maximum absolute atomic E-state index is 3.17. The second-order valence-corrected chi connectivity index (χ2v) is 2.49. The van der Waals surface area contributed by atoms with Crippen LogP contribution in [0, 0.1) is 26.8 Å². The molecule has 1 heteroatoms. The van der Waals surface area contributed by atoms with Crippen LogP contribution < -0.4 is 0 Å². The van der Waals surface area contributed by atoms with E-state index < -0.39 is 0 Å². The van der Waals surface area contributed by atoms with Crippen molar-refractivity contribution in [1.29, 1.82) is 0 Å². The molecule has 0 saturated heterocycles. The first-order chi connectivity index (χ1) is 4.20. The van der Waals surface area contributed by atoms with Crippen LogP contribution in [0.3, 0.4) is 0 Å². The van der Waals surface area contributed by atoms with Crippen LogP contribution in [0.25, 0.3) is 0 Å². The number of hydrogen-bond acceptors (Lipinski definition) is 0. The predicted molar refractivity (Wildman–Crippen MR) is 39.5 cm³/mol. The van der Waals surface area contributed by atoms with Gasteiger partial charge >= 0.3 is 32.7 Å². The fourth-order valence-electron chi connectivity index (χ4n) is 0.827. The van der Waals surface area contributed by atoms with Crippen LogP contribution in [-0.4, -0.2) is 0 Å². The van der Waals surface area contributed by atoms with Crippen molar-refractivity contribution in [3.8, 4) is 0 Å². The molecule has 1 aromatic carbocycles. The molecule has 0 bridgehead atoms. The first kappa shape index (κ1) is 10.3. The van der Waals surface area contributed by atoms with Crippen molar-refractivity contribution < 1.29 is 32.7 Å². The van der Waals surface area contributed by atoms with E-state index in [9.17, 15) is 0 Å². The number of aryl methyl sites for hydroxylation is 3. The Morgan fingerprint density at radius 3 is 2.20 bits per heavy atom. The summed E-state index contributed by atoms with van der Waals surface area (Å²) in [4.78, 5) is 0. The molecule has 0 atom stereocenters. The van der Waals surface area contributed by atoms with Crippen molar-refractivity contribution in [2.24, 2.45) is 0 Å². The summed E-state index contributed by atoms with van der Waals surface area (Å²) in [6.07, 6.45) is 0. The smallest absolute Gasteiger partial charge is 0.180 e. The van der Waals surface area contributed by atoms with Gasteiger partial charge in [-0.25, -0.2) is 0 Å². The van der Waals surface area contributed by atoms with Crippen molar-refractivity contribution in [2.45, 2.75) is 20.8 Å². The zero-order valence-corrected chi connectivity index (χ0v) is 9.57. The summed E-state index contributed by atoms with van der Waals surface area (Å²) in [5.74, 6) is 0. The van der Waals surface area contributed by atoms with Crippen molar-refractivity contribution in [3.63, 3.8) is 0 Å². The van der Waals surface area contributed by atoms with Crippen molar-refractivity contribution >= 4 is 0 Å². The molecule has 0 heterocycles. The van der Waals surface area contributed by atoms with Gasteiger partial charge in [-0.15, -0.1) is 0 Å². The molecule has 0 N–H and O–H groups in total. The first-order valence-corrected chi connectivity index (χ1v) is 3.15. The first-order valence-electron chi connectivity index (χ1n) is 3.15. The monoisotopic (exact) mass is 208 g/mol. The average molecular weight is 208 g/mol. The Morgan fingerprint density at radius 2 is 1.80 bits per heavy atom. The summed E-state index contributed by atoms with van der Waals surface area (Å²) >= 11 is 0. The third-order valence-electron chi connectivity index (χ3n) is 1.55. The van der Waals surface area contributed by atoms with Gasteiger partial charge in [0, 0.05) is 0 Å². The molecule has 0 aromatic heterocycles. The van der Waals surface area contributed by atoms with Gasteiger partial charge in [0.2, 0.25) is 0 Å². The van der Waals surface area contributed by atoms with Gasteiger partial charge < -0.3 is 0 Å². The van der Waals surface area contributed by atoms with Crippen LogP contribution in [0.1, 0.15) is 16.7 Å². The fraction of sp³-hybridized carbons (Fsp3) is 0.333. The Kier molecular flexibility index (Phi) is 4.39. The van der Waals surface area contributed by atoms with Gasteiger partial charge in [-0.1, -0.05) is 20.8 Å². The van der Waals surface area contributed by atoms with Crippen molar-refractivity contribution in [3.05, 3.63) is 34.9 Å². The van der Waals surface area contributed by atoms with Crippen LogP contribution in [0.4, 0.5) is 0 Å². The molecule has 0 unspecified atom stereocenters. The Morgan fingerprint density at radius 1 is 1.20 bits per heavy atom. The van der Waals surface area contributed by atoms with E-state index in [1.165, 1.54) is 16.7 Å². The van der Waals surface area contributed by atoms with Gasteiger partial charge in [-0.2, -0.15) is 34.9 Å². The van der Waals surface area contributed by atoms with E-state index in [2.05, 4.69) is 32.9 Å². The van der Waals surface area contributed by atoms with E-state index in [-0.39, 0.29) is 32.7 Å². The summed E-state index contributed by atoms with van der Waals surface area (Å²) in [6.45, 7) is 6.27. The molecule has 10 heavy (non-hydrogen) atoms. The Hall–Kier alpha value is 0.324. The van der Waals surface area contributed by atoms with E-state index in [0.717, 1.165) is 0 Å². The SMILES string of the molecule is Cc1c[c-]c(C)c(C)c1.[Y+3]. The minimum atomic E-state index is 0. The van der Waals surface area contributed by atoms with Crippen LogP contribution >= 0.6 is 0 Å². The van der Waals surface area contributed by atoms with Crippen molar-refractivity contribution in [1.82, 2.24) is 0 Å². The van der Waals surface area contributed by atoms with Gasteiger partial charge in [-0.05, 0) is 0 Å². The maximum atomic E-state index is 3.17. The standard InChI is InChI=1S/C9H11.Y/c1-7-4-5-8(2)9(3)6-7;/h4,6H,1-3H3;/q-1;+3. The van der Waals surface area contributed by atoms with Gasteiger partial charge in [0.15, 0.2) is 0 Å². The van der Waals surface area contributed by atoms with Gasteiger partial charge in [0.05, 0.1) is 0 Å². The summed E-state index contributed by atoms with van der Waals surface area (Å²) < 4.78 is 0. The summed E-state index contributed by atoms with van der Waals surface area (Å²) in [7, 11) is 0. The number of hydrogen-bond donors (Lipinski definition) is 0. The molecule has 0 fully saturated rings. The van der Waals surface area contributed by atoms with Gasteiger partial charge in [0.25, 0.3) is 0 Å². The Labute approximate surface area is 87.9 Å². The third-order valence-corrected chi connectivity index (χ3v) is 1.55. The largest absolute Gasteiger partial charge is 3.00 e. The van der Waals surface area contributed by atoms with E-state index >= 15 is 0 Å². The minimum Gasteiger partial charge on any atom is -0.180 e. The molecular formula is C9H11Y+2. The zero-order valence-electron chi connectivity index (χ0n) is 6.73. The second-order valence-electron chi connectivity index (χ2n) is 2.49. The minimum absolute atomic E-state index is 0. The molecule has 1 rings (SSSR count). The summed E-state index contributed by atoms with van der Waals surface area (Å²) in [5, 5.41) is 0. The summed E-state index contributed by atoms with van der Waals surface area (Å²) in [5.41, 5.74) is 3.87. The fourth-order valence-corrected chi connectivity index (χ4v) is 0.827. The molecule has 0 spiro atoms. The molecule has 0 aliphatic carbocycles. The molecule has 0 aliphatic rings. The van der Waals surface area contributed by atoms with Crippen LogP contribution in [-0.2, 0) is 32.7 Å². The molecule has 0 amide bonds. The molecule has 0 radical (unpaired) electrons. The molecule has 48 valence electrons. The normalized spacial score (nSPS) is 8.70. The second kappa shape index (κ2) is 4.25. The number of benzene rings is 1. The van der Waals surface area contributed by atoms with E-state index in [4.69, 9.17) is 0 Å². The van der Waals surface area contributed by atoms with Crippen molar-refractivity contribution in [2.75, 3.05) is 0 Å². The Balaban J connectivity index is 0.000000810. The zero-order chi connectivity index (χ0) is 6.85. The topological polar surface area (TPSA) is 0 Å². The van der Waals surface area contributed by atoms with E-state index in [1.807, 2.05) is 6.07 Å². The maximum Gasteiger partial charge on any atom is 3.00 e.